The smallest absolute Gasteiger partial charge is 0.239 e. The predicted octanol–water partition coefficient (Wildman–Crippen LogP) is 3.32. The number of nitrogens with two attached hydrogens (primary N) is 1. The van der Waals surface area contributed by atoms with E-state index in [1.807, 2.05) is 4.90 Å². The molecule has 0 aromatic carbocycles. The Hall–Kier alpha value is -0.0300. The molecule has 1 unspecified atom stereocenters. The van der Waals surface area contributed by atoms with Gasteiger partial charge in [0.1, 0.15) is 0 Å². The third kappa shape index (κ3) is 7.90. The average molecular weight is 382 g/mol. The summed E-state index contributed by atoms with van der Waals surface area (Å²) in [5.41, 5.74) is 6.10. The van der Waals surface area contributed by atoms with Crippen LogP contribution >= 0.6 is 24.8 Å². The molecule has 144 valence electrons. The first kappa shape index (κ1) is 24.0. The molecule has 2 aliphatic rings. The fourth-order valence-corrected chi connectivity index (χ4v) is 3.94. The molecule has 2 saturated heterocycles. The highest BCUT2D eigenvalue weighted by Crippen LogP contribution is 2.21. The lowest BCUT2D eigenvalue weighted by Gasteiger charge is -2.36. The second kappa shape index (κ2) is 12.3. The van der Waals surface area contributed by atoms with Gasteiger partial charge in [-0.1, -0.05) is 26.7 Å². The highest BCUT2D eigenvalue weighted by molar-refractivity contribution is 5.85. The highest BCUT2D eigenvalue weighted by Gasteiger charge is 2.28. The van der Waals surface area contributed by atoms with Gasteiger partial charge in [0, 0.05) is 19.6 Å². The van der Waals surface area contributed by atoms with E-state index in [0.717, 1.165) is 25.9 Å². The average Bonchev–Trinajstić information content (AvgIpc) is 2.74. The first-order valence-electron chi connectivity index (χ1n) is 9.33. The number of carbonyl (C=O) groups is 1. The summed E-state index contributed by atoms with van der Waals surface area (Å²) in [5.74, 6) is 1.30. The molecule has 2 fully saturated rings. The Morgan fingerprint density at radius 2 is 1.67 bits per heavy atom. The molecule has 0 radical (unpaired) electrons. The van der Waals surface area contributed by atoms with Gasteiger partial charge in [0.15, 0.2) is 0 Å². The maximum atomic E-state index is 12.5. The van der Waals surface area contributed by atoms with Crippen LogP contribution in [0, 0.1) is 11.8 Å². The van der Waals surface area contributed by atoms with E-state index in [0.29, 0.717) is 11.8 Å². The van der Waals surface area contributed by atoms with E-state index in [-0.39, 0.29) is 36.8 Å². The van der Waals surface area contributed by atoms with E-state index in [2.05, 4.69) is 18.7 Å². The Labute approximate surface area is 160 Å². The molecular formula is C18H37Cl2N3O. The Bertz CT molecular complexity index is 347. The van der Waals surface area contributed by atoms with Crippen molar-refractivity contribution in [3.63, 3.8) is 0 Å². The van der Waals surface area contributed by atoms with Crippen LogP contribution in [0.1, 0.15) is 58.8 Å². The number of amides is 1. The summed E-state index contributed by atoms with van der Waals surface area (Å²) in [7, 11) is 0. The van der Waals surface area contributed by atoms with Gasteiger partial charge in [-0.2, -0.15) is 0 Å². The van der Waals surface area contributed by atoms with Gasteiger partial charge < -0.3 is 15.5 Å². The summed E-state index contributed by atoms with van der Waals surface area (Å²) in [4.78, 5) is 17.2. The van der Waals surface area contributed by atoms with Crippen LogP contribution in [0.15, 0.2) is 0 Å². The van der Waals surface area contributed by atoms with Crippen molar-refractivity contribution in [1.82, 2.24) is 9.80 Å². The Morgan fingerprint density at radius 1 is 1.04 bits per heavy atom. The maximum absolute atomic E-state index is 12.5. The second-order valence-corrected chi connectivity index (χ2v) is 7.74. The number of halogens is 2. The summed E-state index contributed by atoms with van der Waals surface area (Å²) < 4.78 is 0. The lowest BCUT2D eigenvalue weighted by Crippen LogP contribution is -2.50. The van der Waals surface area contributed by atoms with Crippen LogP contribution in [-0.4, -0.2) is 54.5 Å². The van der Waals surface area contributed by atoms with E-state index in [9.17, 15) is 4.79 Å². The van der Waals surface area contributed by atoms with E-state index in [4.69, 9.17) is 5.73 Å². The van der Waals surface area contributed by atoms with E-state index < -0.39 is 0 Å². The van der Waals surface area contributed by atoms with Crippen molar-refractivity contribution in [2.45, 2.75) is 64.8 Å². The largest absolute Gasteiger partial charge is 0.341 e. The minimum atomic E-state index is -0.308. The minimum Gasteiger partial charge on any atom is -0.341 e. The lowest BCUT2D eigenvalue weighted by molar-refractivity contribution is -0.134. The Morgan fingerprint density at radius 3 is 2.25 bits per heavy atom. The maximum Gasteiger partial charge on any atom is 0.239 e. The van der Waals surface area contributed by atoms with E-state index >= 15 is 0 Å². The number of rotatable bonds is 5. The normalized spacial score (nSPS) is 23.8. The molecule has 4 nitrogen and oxygen atoms in total. The fourth-order valence-electron chi connectivity index (χ4n) is 3.94. The molecule has 0 bridgehead atoms. The van der Waals surface area contributed by atoms with Crippen LogP contribution in [0.25, 0.3) is 0 Å². The molecular weight excluding hydrogens is 345 g/mol. The predicted molar refractivity (Wildman–Crippen MR) is 106 cm³/mol. The summed E-state index contributed by atoms with van der Waals surface area (Å²) in [6.45, 7) is 9.75. The van der Waals surface area contributed by atoms with Crippen molar-refractivity contribution >= 4 is 30.7 Å². The topological polar surface area (TPSA) is 49.6 Å². The molecule has 0 saturated carbocycles. The van der Waals surface area contributed by atoms with Crippen molar-refractivity contribution in [1.29, 1.82) is 0 Å². The number of piperidine rings is 1. The number of hydrogen-bond acceptors (Lipinski definition) is 3. The lowest BCUT2D eigenvalue weighted by atomic mass is 9.95. The molecule has 24 heavy (non-hydrogen) atoms. The Balaban J connectivity index is 0.00000264. The van der Waals surface area contributed by atoms with Crippen molar-refractivity contribution < 1.29 is 4.79 Å². The van der Waals surface area contributed by atoms with E-state index in [1.54, 1.807) is 0 Å². The highest BCUT2D eigenvalue weighted by atomic mass is 35.5. The van der Waals surface area contributed by atoms with E-state index in [1.165, 1.54) is 51.7 Å². The third-order valence-electron chi connectivity index (χ3n) is 5.09. The van der Waals surface area contributed by atoms with Crippen LogP contribution in [0.2, 0.25) is 0 Å². The molecule has 0 aromatic heterocycles. The van der Waals surface area contributed by atoms with Gasteiger partial charge in [-0.25, -0.2) is 0 Å². The molecule has 2 rings (SSSR count). The monoisotopic (exact) mass is 381 g/mol. The molecule has 6 heteroatoms. The zero-order chi connectivity index (χ0) is 15.9. The first-order valence-corrected chi connectivity index (χ1v) is 9.33. The van der Waals surface area contributed by atoms with Gasteiger partial charge in [0.25, 0.3) is 0 Å². The van der Waals surface area contributed by atoms with Gasteiger partial charge in [0.05, 0.1) is 6.04 Å². The summed E-state index contributed by atoms with van der Waals surface area (Å²) in [5, 5.41) is 0. The standard InChI is InChI=1S/C18H35N3O.2ClH/c1-15(2)12-17(19)18(22)21-11-7-8-16(14-21)13-20-9-5-3-4-6-10-20;;/h15-17H,3-14,19H2,1-2H3;2*1H/t16?,17-;;/m0../s1. The fraction of sp³-hybridized carbons (Fsp3) is 0.944. The van der Waals surface area contributed by atoms with Crippen LogP contribution in [-0.2, 0) is 4.79 Å². The van der Waals surface area contributed by atoms with Crippen molar-refractivity contribution in [2.75, 3.05) is 32.7 Å². The first-order chi connectivity index (χ1) is 10.6. The van der Waals surface area contributed by atoms with Crippen molar-refractivity contribution in [3.05, 3.63) is 0 Å². The van der Waals surface area contributed by atoms with Gasteiger partial charge in [-0.05, 0) is 57.0 Å². The summed E-state index contributed by atoms with van der Waals surface area (Å²) in [6, 6.07) is -0.308. The molecule has 1 amide bonds. The third-order valence-corrected chi connectivity index (χ3v) is 5.09. The van der Waals surface area contributed by atoms with Crippen LogP contribution in [0.5, 0.6) is 0 Å². The number of hydrogen-bond donors (Lipinski definition) is 1. The molecule has 0 aromatic rings. The molecule has 2 heterocycles. The number of carbonyl (C=O) groups excluding carboxylic acids is 1. The molecule has 2 N–H and O–H groups in total. The Kier molecular flexibility index (Phi) is 12.3. The van der Waals surface area contributed by atoms with Crippen LogP contribution in [0.4, 0.5) is 0 Å². The van der Waals surface area contributed by atoms with Crippen molar-refractivity contribution in [2.24, 2.45) is 17.6 Å². The number of likely N-dealkylation sites (tertiary alicyclic amines) is 2. The minimum absolute atomic E-state index is 0. The van der Waals surface area contributed by atoms with Gasteiger partial charge in [-0.3, -0.25) is 4.79 Å². The summed E-state index contributed by atoms with van der Waals surface area (Å²) >= 11 is 0. The van der Waals surface area contributed by atoms with Gasteiger partial charge in [-0.15, -0.1) is 24.8 Å². The molecule has 0 spiro atoms. The SMILES string of the molecule is CC(C)C[C@H](N)C(=O)N1CCCC(CN2CCCCCC2)C1.Cl.Cl. The molecule has 2 aliphatic heterocycles. The summed E-state index contributed by atoms with van der Waals surface area (Å²) in [6.07, 6.45) is 8.65. The van der Waals surface area contributed by atoms with Crippen LogP contribution in [0.3, 0.4) is 0 Å². The number of nitrogens with zero attached hydrogens (tertiary/aromatic N) is 2. The molecule has 2 atom stereocenters. The second-order valence-electron chi connectivity index (χ2n) is 7.74. The zero-order valence-corrected chi connectivity index (χ0v) is 17.0. The zero-order valence-electron chi connectivity index (χ0n) is 15.4. The van der Waals surface area contributed by atoms with Gasteiger partial charge >= 0.3 is 0 Å². The van der Waals surface area contributed by atoms with Gasteiger partial charge in [0.2, 0.25) is 5.91 Å². The van der Waals surface area contributed by atoms with Crippen molar-refractivity contribution in [3.8, 4) is 0 Å². The molecule has 0 aliphatic carbocycles. The van der Waals surface area contributed by atoms with Crippen LogP contribution < -0.4 is 5.73 Å². The quantitative estimate of drug-likeness (QED) is 0.794.